The van der Waals surface area contributed by atoms with E-state index < -0.39 is 0 Å². The average molecular weight is 166 g/mol. The Morgan fingerprint density at radius 3 is 2.45 bits per heavy atom. The van der Waals surface area contributed by atoms with Crippen molar-refractivity contribution in [1.82, 2.24) is 5.32 Å². The van der Waals surface area contributed by atoms with Gasteiger partial charge in [0.25, 0.3) is 0 Å². The summed E-state index contributed by atoms with van der Waals surface area (Å²) in [6.45, 7) is 7.46. The van der Waals surface area contributed by atoms with Gasteiger partial charge in [-0.3, -0.25) is 4.79 Å². The monoisotopic (exact) mass is 166 g/mol. The summed E-state index contributed by atoms with van der Waals surface area (Å²) in [6.07, 6.45) is 1.23. The van der Waals surface area contributed by atoms with Gasteiger partial charge in [0, 0.05) is 12.1 Å². The van der Waals surface area contributed by atoms with Gasteiger partial charge in [0.2, 0.25) is 5.91 Å². The Morgan fingerprint density at radius 1 is 1.73 bits per heavy atom. The number of nitrogens with two attached hydrogens (primary N) is 1. The van der Waals surface area contributed by atoms with Crippen LogP contribution in [0.4, 0.5) is 0 Å². The van der Waals surface area contributed by atoms with Crippen LogP contribution in [0.5, 0.6) is 0 Å². The van der Waals surface area contributed by atoms with Crippen molar-refractivity contribution in [2.24, 2.45) is 5.73 Å². The number of carbonyl (C=O) groups is 1. The van der Waals surface area contributed by atoms with Crippen LogP contribution in [-0.2, 0) is 4.79 Å². The summed E-state index contributed by atoms with van der Waals surface area (Å²) in [5.41, 5.74) is 5.03. The number of amides is 1. The van der Waals surface area contributed by atoms with Gasteiger partial charge in [0.15, 0.2) is 0 Å². The van der Waals surface area contributed by atoms with Crippen molar-refractivity contribution in [3.8, 4) is 0 Å². The van der Waals surface area contributed by atoms with Gasteiger partial charge in [-0.25, -0.2) is 0 Å². The predicted octanol–water partition coefficient (Wildman–Crippen LogP) is -0.623. The van der Waals surface area contributed by atoms with Crippen LogP contribution in [0.2, 0.25) is 0 Å². The SMILES string of the molecule is C=CC(=O)NC(C)(C)CN.[NaH]. The van der Waals surface area contributed by atoms with E-state index >= 15 is 0 Å². The molecule has 0 aromatic carbocycles. The van der Waals surface area contributed by atoms with E-state index in [0.29, 0.717) is 6.54 Å². The summed E-state index contributed by atoms with van der Waals surface area (Å²) in [6, 6.07) is 0. The van der Waals surface area contributed by atoms with Crippen LogP contribution in [0.25, 0.3) is 0 Å². The topological polar surface area (TPSA) is 55.1 Å². The van der Waals surface area contributed by atoms with Gasteiger partial charge >= 0.3 is 29.6 Å². The van der Waals surface area contributed by atoms with Crippen molar-refractivity contribution in [1.29, 1.82) is 0 Å². The van der Waals surface area contributed by atoms with E-state index in [1.807, 2.05) is 13.8 Å². The standard InChI is InChI=1S/C7H14N2O.Na.H/c1-4-6(10)9-7(2,3)5-8;;/h4H,1,5,8H2,2-3H3,(H,9,10);;. The van der Waals surface area contributed by atoms with E-state index in [4.69, 9.17) is 5.73 Å². The number of rotatable bonds is 3. The number of hydrogen-bond donors (Lipinski definition) is 2. The third-order valence-electron chi connectivity index (χ3n) is 1.16. The van der Waals surface area contributed by atoms with Crippen LogP contribution in [-0.4, -0.2) is 47.5 Å². The first-order chi connectivity index (χ1) is 4.52. The van der Waals surface area contributed by atoms with Crippen molar-refractivity contribution >= 4 is 35.5 Å². The number of hydrogen-bond acceptors (Lipinski definition) is 2. The van der Waals surface area contributed by atoms with Crippen molar-refractivity contribution in [3.63, 3.8) is 0 Å². The van der Waals surface area contributed by atoms with Crippen LogP contribution >= 0.6 is 0 Å². The summed E-state index contributed by atoms with van der Waals surface area (Å²) in [5.74, 6) is -0.185. The van der Waals surface area contributed by atoms with Crippen molar-refractivity contribution < 1.29 is 4.79 Å². The molecule has 0 atom stereocenters. The summed E-state index contributed by atoms with van der Waals surface area (Å²) in [5, 5.41) is 2.67. The zero-order valence-corrected chi connectivity index (χ0v) is 6.48. The molecule has 1 amide bonds. The normalized spacial score (nSPS) is 9.73. The molecule has 0 aliphatic carbocycles. The molecule has 0 saturated heterocycles. The van der Waals surface area contributed by atoms with E-state index in [9.17, 15) is 4.79 Å². The van der Waals surface area contributed by atoms with Crippen LogP contribution < -0.4 is 11.1 Å². The fourth-order valence-electron chi connectivity index (χ4n) is 0.436. The Balaban J connectivity index is 0. The fraction of sp³-hybridized carbons (Fsp3) is 0.571. The summed E-state index contributed by atoms with van der Waals surface area (Å²) >= 11 is 0. The van der Waals surface area contributed by atoms with Gasteiger partial charge in [-0.05, 0) is 19.9 Å². The number of nitrogens with one attached hydrogen (secondary N) is 1. The molecule has 0 spiro atoms. The zero-order chi connectivity index (χ0) is 8.20. The van der Waals surface area contributed by atoms with E-state index in [1.165, 1.54) is 6.08 Å². The molecule has 3 nitrogen and oxygen atoms in total. The van der Waals surface area contributed by atoms with Crippen molar-refractivity contribution in [2.45, 2.75) is 19.4 Å². The van der Waals surface area contributed by atoms with Crippen LogP contribution in [0.1, 0.15) is 13.8 Å². The molecule has 0 saturated carbocycles. The first-order valence-corrected chi connectivity index (χ1v) is 3.16. The zero-order valence-electron chi connectivity index (χ0n) is 6.48. The third kappa shape index (κ3) is 6.56. The Kier molecular flexibility index (Phi) is 7.21. The first-order valence-electron chi connectivity index (χ1n) is 3.16. The van der Waals surface area contributed by atoms with Gasteiger partial charge in [0.1, 0.15) is 0 Å². The Labute approximate surface area is 89.7 Å². The van der Waals surface area contributed by atoms with Gasteiger partial charge in [-0.1, -0.05) is 6.58 Å². The molecule has 3 N–H and O–H groups in total. The fourth-order valence-corrected chi connectivity index (χ4v) is 0.436. The molecule has 60 valence electrons. The molecule has 0 aromatic rings. The molecule has 0 heterocycles. The molecule has 0 rings (SSSR count). The van der Waals surface area contributed by atoms with E-state index in [1.54, 1.807) is 0 Å². The molecule has 0 radical (unpaired) electrons. The van der Waals surface area contributed by atoms with E-state index in [-0.39, 0.29) is 41.0 Å². The number of carbonyl (C=O) groups excluding carboxylic acids is 1. The maximum atomic E-state index is 10.7. The predicted molar refractivity (Wildman–Crippen MR) is 48.6 cm³/mol. The second kappa shape index (κ2) is 5.77. The molecule has 0 fully saturated rings. The molecular weight excluding hydrogens is 151 g/mol. The van der Waals surface area contributed by atoms with Crippen molar-refractivity contribution in [3.05, 3.63) is 12.7 Å². The minimum absolute atomic E-state index is 0. The second-order valence-corrected chi connectivity index (χ2v) is 2.78. The summed E-state index contributed by atoms with van der Waals surface area (Å²) in [7, 11) is 0. The first kappa shape index (κ1) is 13.7. The third-order valence-corrected chi connectivity index (χ3v) is 1.16. The van der Waals surface area contributed by atoms with Gasteiger partial charge in [0.05, 0.1) is 0 Å². The minimum atomic E-state index is -0.328. The van der Waals surface area contributed by atoms with Crippen LogP contribution in [0.15, 0.2) is 12.7 Å². The molecule has 0 unspecified atom stereocenters. The summed E-state index contributed by atoms with van der Waals surface area (Å²) < 4.78 is 0. The van der Waals surface area contributed by atoms with Gasteiger partial charge in [-0.2, -0.15) is 0 Å². The Morgan fingerprint density at radius 2 is 2.18 bits per heavy atom. The van der Waals surface area contributed by atoms with Crippen molar-refractivity contribution in [2.75, 3.05) is 6.54 Å². The Hall–Kier alpha value is 0.170. The van der Waals surface area contributed by atoms with Crippen LogP contribution in [0.3, 0.4) is 0 Å². The molecular formula is C7H15N2NaO. The second-order valence-electron chi connectivity index (χ2n) is 2.78. The van der Waals surface area contributed by atoms with E-state index in [0.717, 1.165) is 0 Å². The van der Waals surface area contributed by atoms with Gasteiger partial charge in [-0.15, -0.1) is 0 Å². The quantitative estimate of drug-likeness (QED) is 0.433. The molecule has 0 bridgehead atoms. The summed E-state index contributed by atoms with van der Waals surface area (Å²) in [4.78, 5) is 10.7. The van der Waals surface area contributed by atoms with E-state index in [2.05, 4.69) is 11.9 Å². The Bertz CT molecular complexity index is 145. The molecule has 11 heavy (non-hydrogen) atoms. The van der Waals surface area contributed by atoms with Gasteiger partial charge < -0.3 is 11.1 Å². The average Bonchev–Trinajstić information content (AvgIpc) is 1.87. The molecule has 4 heteroatoms. The molecule has 0 aliphatic rings. The van der Waals surface area contributed by atoms with Crippen LogP contribution in [0, 0.1) is 0 Å². The molecule has 0 aliphatic heterocycles. The molecule has 0 aromatic heterocycles. The maximum absolute atomic E-state index is 10.7.